The molecule has 130 valence electrons. The highest BCUT2D eigenvalue weighted by Gasteiger charge is 2.19. The van der Waals surface area contributed by atoms with E-state index in [2.05, 4.69) is 56.6 Å². The van der Waals surface area contributed by atoms with Crippen molar-refractivity contribution in [1.29, 1.82) is 0 Å². The predicted molar refractivity (Wildman–Crippen MR) is 104 cm³/mol. The standard InChI is InChI=1S/C18H32N4S/c1-13(2)21(14(3)4)9-10-22(18(23)20(7)8)17-12-15(5)11-16(6)19-17/h11-14H,9-10H2,1-8H3. The minimum atomic E-state index is 0.511. The first-order valence-electron chi connectivity index (χ1n) is 8.33. The van der Waals surface area contributed by atoms with Crippen molar-refractivity contribution in [1.82, 2.24) is 14.8 Å². The maximum atomic E-state index is 5.64. The van der Waals surface area contributed by atoms with Crippen molar-refractivity contribution in [2.75, 3.05) is 32.1 Å². The lowest BCUT2D eigenvalue weighted by atomic mass is 10.2. The number of hydrogen-bond acceptors (Lipinski definition) is 3. The lowest BCUT2D eigenvalue weighted by Crippen LogP contribution is -2.47. The Morgan fingerprint density at radius 3 is 2.04 bits per heavy atom. The molecule has 0 aliphatic heterocycles. The molecule has 4 nitrogen and oxygen atoms in total. The number of anilines is 1. The van der Waals surface area contributed by atoms with E-state index in [1.807, 2.05) is 25.9 Å². The number of rotatable bonds is 6. The summed E-state index contributed by atoms with van der Waals surface area (Å²) in [6.45, 7) is 14.9. The Morgan fingerprint density at radius 1 is 1.04 bits per heavy atom. The number of hydrogen-bond donors (Lipinski definition) is 0. The van der Waals surface area contributed by atoms with Crippen molar-refractivity contribution in [2.24, 2.45) is 0 Å². The molecule has 0 aliphatic carbocycles. The van der Waals surface area contributed by atoms with Gasteiger partial charge in [-0.2, -0.15) is 0 Å². The summed E-state index contributed by atoms with van der Waals surface area (Å²) in [7, 11) is 3.97. The van der Waals surface area contributed by atoms with E-state index in [4.69, 9.17) is 17.2 Å². The predicted octanol–water partition coefficient (Wildman–Crippen LogP) is 3.47. The van der Waals surface area contributed by atoms with Crippen LogP contribution in [0.5, 0.6) is 0 Å². The van der Waals surface area contributed by atoms with Crippen LogP contribution in [-0.4, -0.2) is 59.2 Å². The van der Waals surface area contributed by atoms with Crippen molar-refractivity contribution < 1.29 is 0 Å². The molecule has 0 spiro atoms. The van der Waals surface area contributed by atoms with Crippen LogP contribution in [0.2, 0.25) is 0 Å². The van der Waals surface area contributed by atoms with Crippen LogP contribution < -0.4 is 4.90 Å². The van der Waals surface area contributed by atoms with E-state index in [-0.39, 0.29) is 0 Å². The fourth-order valence-corrected chi connectivity index (χ4v) is 3.02. The molecule has 1 aromatic rings. The third kappa shape index (κ3) is 5.74. The molecule has 0 amide bonds. The second kappa shape index (κ2) is 8.60. The zero-order chi connectivity index (χ0) is 17.7. The second-order valence-electron chi connectivity index (χ2n) is 6.90. The molecule has 0 saturated heterocycles. The fourth-order valence-electron chi connectivity index (χ4n) is 2.84. The van der Waals surface area contributed by atoms with Gasteiger partial charge in [-0.3, -0.25) is 4.90 Å². The Morgan fingerprint density at radius 2 is 1.61 bits per heavy atom. The van der Waals surface area contributed by atoms with Gasteiger partial charge in [0.05, 0.1) is 0 Å². The number of aryl methyl sites for hydroxylation is 2. The molecule has 23 heavy (non-hydrogen) atoms. The first-order valence-corrected chi connectivity index (χ1v) is 8.74. The van der Waals surface area contributed by atoms with Gasteiger partial charge < -0.3 is 9.80 Å². The zero-order valence-electron chi connectivity index (χ0n) is 15.9. The Bertz CT molecular complexity index is 498. The Kier molecular flexibility index (Phi) is 7.42. The van der Waals surface area contributed by atoms with Crippen LogP contribution in [0, 0.1) is 13.8 Å². The molecule has 1 aromatic heterocycles. The maximum Gasteiger partial charge on any atom is 0.176 e. The van der Waals surface area contributed by atoms with E-state index in [1.54, 1.807) is 0 Å². The maximum absolute atomic E-state index is 5.64. The van der Waals surface area contributed by atoms with Gasteiger partial charge in [0, 0.05) is 45.0 Å². The van der Waals surface area contributed by atoms with Crippen LogP contribution in [0.25, 0.3) is 0 Å². The smallest absolute Gasteiger partial charge is 0.176 e. The number of aromatic nitrogens is 1. The lowest BCUT2D eigenvalue weighted by molar-refractivity contribution is 0.180. The molecule has 0 bridgehead atoms. The highest BCUT2D eigenvalue weighted by molar-refractivity contribution is 7.80. The molecule has 1 heterocycles. The largest absolute Gasteiger partial charge is 0.355 e. The summed E-state index contributed by atoms with van der Waals surface area (Å²) in [5.74, 6) is 0.939. The molecule has 0 aliphatic rings. The van der Waals surface area contributed by atoms with Crippen LogP contribution in [-0.2, 0) is 0 Å². The monoisotopic (exact) mass is 336 g/mol. The first-order chi connectivity index (χ1) is 10.6. The van der Waals surface area contributed by atoms with Gasteiger partial charge >= 0.3 is 0 Å². The van der Waals surface area contributed by atoms with Gasteiger partial charge in [-0.15, -0.1) is 0 Å². The molecule has 0 aromatic carbocycles. The van der Waals surface area contributed by atoms with E-state index < -0.39 is 0 Å². The summed E-state index contributed by atoms with van der Waals surface area (Å²) in [5, 5.41) is 0.801. The minimum absolute atomic E-state index is 0.511. The van der Waals surface area contributed by atoms with Crippen molar-refractivity contribution in [3.63, 3.8) is 0 Å². The van der Waals surface area contributed by atoms with Crippen LogP contribution in [0.15, 0.2) is 12.1 Å². The summed E-state index contributed by atoms with van der Waals surface area (Å²) in [6.07, 6.45) is 0. The Labute approximate surface area is 147 Å². The van der Waals surface area contributed by atoms with Crippen LogP contribution in [0.1, 0.15) is 39.0 Å². The van der Waals surface area contributed by atoms with Crippen molar-refractivity contribution in [3.8, 4) is 0 Å². The Balaban J connectivity index is 3.04. The molecule has 0 N–H and O–H groups in total. The van der Waals surface area contributed by atoms with Gasteiger partial charge in [-0.1, -0.05) is 0 Å². The normalized spacial score (nSPS) is 11.4. The topological polar surface area (TPSA) is 22.6 Å². The molecule has 0 atom stereocenters. The summed E-state index contributed by atoms with van der Waals surface area (Å²) in [6, 6.07) is 5.22. The van der Waals surface area contributed by atoms with Crippen LogP contribution >= 0.6 is 12.2 Å². The molecule has 0 saturated carbocycles. The summed E-state index contributed by atoms with van der Waals surface area (Å²) < 4.78 is 0. The average Bonchev–Trinajstić information content (AvgIpc) is 2.40. The van der Waals surface area contributed by atoms with Crippen LogP contribution in [0.4, 0.5) is 5.82 Å². The third-order valence-electron chi connectivity index (χ3n) is 3.88. The van der Waals surface area contributed by atoms with E-state index >= 15 is 0 Å². The molecular formula is C18H32N4S. The summed E-state index contributed by atoms with van der Waals surface area (Å²) >= 11 is 5.64. The number of nitrogens with zero attached hydrogens (tertiary/aromatic N) is 4. The van der Waals surface area contributed by atoms with E-state index in [9.17, 15) is 0 Å². The van der Waals surface area contributed by atoms with Gasteiger partial charge in [0.2, 0.25) is 0 Å². The first kappa shape index (κ1) is 19.8. The highest BCUT2D eigenvalue weighted by atomic mass is 32.1. The van der Waals surface area contributed by atoms with Crippen molar-refractivity contribution in [2.45, 2.75) is 53.6 Å². The molecule has 1 rings (SSSR count). The minimum Gasteiger partial charge on any atom is -0.355 e. The third-order valence-corrected chi connectivity index (χ3v) is 4.47. The summed E-state index contributed by atoms with van der Waals surface area (Å²) in [4.78, 5) is 11.3. The molecular weight excluding hydrogens is 304 g/mol. The lowest BCUT2D eigenvalue weighted by Gasteiger charge is -2.35. The number of pyridine rings is 1. The number of thiocarbonyl (C=S) groups is 1. The SMILES string of the molecule is Cc1cc(C)nc(N(CCN(C(C)C)C(C)C)C(=S)N(C)C)c1. The van der Waals surface area contributed by atoms with Gasteiger partial charge in [0.25, 0.3) is 0 Å². The van der Waals surface area contributed by atoms with E-state index in [1.165, 1.54) is 5.56 Å². The van der Waals surface area contributed by atoms with Gasteiger partial charge in [-0.25, -0.2) is 4.98 Å². The molecule has 0 fully saturated rings. The van der Waals surface area contributed by atoms with Gasteiger partial charge in [-0.05, 0) is 71.5 Å². The molecule has 0 unspecified atom stereocenters. The van der Waals surface area contributed by atoms with Gasteiger partial charge in [0.15, 0.2) is 5.11 Å². The quantitative estimate of drug-likeness (QED) is 0.740. The summed E-state index contributed by atoms with van der Waals surface area (Å²) in [5.41, 5.74) is 2.24. The van der Waals surface area contributed by atoms with Crippen molar-refractivity contribution in [3.05, 3.63) is 23.4 Å². The zero-order valence-corrected chi connectivity index (χ0v) is 16.7. The van der Waals surface area contributed by atoms with Crippen LogP contribution in [0.3, 0.4) is 0 Å². The molecule has 5 heteroatoms. The van der Waals surface area contributed by atoms with E-state index in [0.717, 1.165) is 29.7 Å². The highest BCUT2D eigenvalue weighted by Crippen LogP contribution is 2.17. The second-order valence-corrected chi connectivity index (χ2v) is 7.26. The Hall–Kier alpha value is -1.20. The fraction of sp³-hybridized carbons (Fsp3) is 0.667. The molecule has 0 radical (unpaired) electrons. The van der Waals surface area contributed by atoms with E-state index in [0.29, 0.717) is 12.1 Å². The average molecular weight is 337 g/mol. The van der Waals surface area contributed by atoms with Gasteiger partial charge in [0.1, 0.15) is 5.82 Å². The van der Waals surface area contributed by atoms with Crippen molar-refractivity contribution >= 4 is 23.1 Å².